The Bertz CT molecular complexity index is 395. The van der Waals surface area contributed by atoms with Gasteiger partial charge in [0.15, 0.2) is 5.96 Å². The minimum Gasteiger partial charge on any atom is -0.381 e. The Morgan fingerprint density at radius 2 is 2.09 bits per heavy atom. The summed E-state index contributed by atoms with van der Waals surface area (Å²) < 4.78 is 6.06. The third kappa shape index (κ3) is 3.73. The van der Waals surface area contributed by atoms with Crippen molar-refractivity contribution in [3.63, 3.8) is 0 Å². The van der Waals surface area contributed by atoms with Crippen LogP contribution >= 0.6 is 11.8 Å². The van der Waals surface area contributed by atoms with Crippen molar-refractivity contribution in [2.24, 2.45) is 10.4 Å². The summed E-state index contributed by atoms with van der Waals surface area (Å²) in [5.41, 5.74) is 0.267. The molecule has 126 valence electrons. The highest BCUT2D eigenvalue weighted by Crippen LogP contribution is 2.42. The summed E-state index contributed by atoms with van der Waals surface area (Å²) in [6.07, 6.45) is 8.16. The second kappa shape index (κ2) is 7.00. The lowest BCUT2D eigenvalue weighted by Crippen LogP contribution is -2.54. The van der Waals surface area contributed by atoms with Crippen LogP contribution < -0.4 is 5.32 Å². The molecular weight excluding hydrogens is 294 g/mol. The average Bonchev–Trinajstić information content (AvgIpc) is 2.96. The van der Waals surface area contributed by atoms with E-state index in [9.17, 15) is 0 Å². The third-order valence-electron chi connectivity index (χ3n) is 5.50. The zero-order valence-electron chi connectivity index (χ0n) is 14.2. The summed E-state index contributed by atoms with van der Waals surface area (Å²) in [5.74, 6) is 2.33. The molecular formula is C17H31N3OS. The van der Waals surface area contributed by atoms with Gasteiger partial charge in [0.05, 0.1) is 6.61 Å². The molecule has 0 bridgehead atoms. The molecule has 2 heterocycles. The van der Waals surface area contributed by atoms with Gasteiger partial charge in [0, 0.05) is 49.2 Å². The fourth-order valence-electron chi connectivity index (χ4n) is 4.00. The van der Waals surface area contributed by atoms with Gasteiger partial charge in [-0.1, -0.05) is 26.2 Å². The topological polar surface area (TPSA) is 36.9 Å². The molecule has 1 N–H and O–H groups in total. The molecule has 0 aromatic rings. The van der Waals surface area contributed by atoms with E-state index in [2.05, 4.69) is 33.9 Å². The number of thioether (sulfide) groups is 1. The van der Waals surface area contributed by atoms with Gasteiger partial charge in [0.2, 0.25) is 0 Å². The van der Waals surface area contributed by atoms with Gasteiger partial charge in [-0.25, -0.2) is 0 Å². The zero-order valence-corrected chi connectivity index (χ0v) is 15.0. The van der Waals surface area contributed by atoms with Crippen LogP contribution in [0.15, 0.2) is 4.99 Å². The number of ether oxygens (including phenoxy) is 1. The number of rotatable bonds is 2. The Hall–Kier alpha value is -0.420. The van der Waals surface area contributed by atoms with Crippen LogP contribution in [0.4, 0.5) is 0 Å². The molecule has 1 saturated carbocycles. The van der Waals surface area contributed by atoms with Crippen LogP contribution in [0, 0.1) is 5.41 Å². The van der Waals surface area contributed by atoms with Crippen molar-refractivity contribution in [3.8, 4) is 0 Å². The van der Waals surface area contributed by atoms with Crippen LogP contribution in [0.25, 0.3) is 0 Å². The van der Waals surface area contributed by atoms with Crippen molar-refractivity contribution in [2.45, 2.75) is 50.2 Å². The molecule has 1 aliphatic carbocycles. The van der Waals surface area contributed by atoms with Crippen LogP contribution in [-0.4, -0.2) is 61.3 Å². The maximum atomic E-state index is 5.56. The van der Waals surface area contributed by atoms with E-state index in [0.717, 1.165) is 38.7 Å². The van der Waals surface area contributed by atoms with Crippen LogP contribution in [0.3, 0.4) is 0 Å². The minimum atomic E-state index is 0.267. The van der Waals surface area contributed by atoms with Gasteiger partial charge >= 0.3 is 0 Å². The number of nitrogens with zero attached hydrogens (tertiary/aromatic N) is 2. The Balaban J connectivity index is 1.58. The zero-order chi connectivity index (χ0) is 15.5. The first-order valence-electron chi connectivity index (χ1n) is 8.82. The van der Waals surface area contributed by atoms with Gasteiger partial charge in [0.1, 0.15) is 0 Å². The summed E-state index contributed by atoms with van der Waals surface area (Å²) in [7, 11) is 1.92. The molecule has 0 aromatic carbocycles. The number of nitrogens with one attached hydrogen (secondary N) is 1. The molecule has 1 unspecified atom stereocenters. The summed E-state index contributed by atoms with van der Waals surface area (Å²) >= 11 is 2.22. The van der Waals surface area contributed by atoms with E-state index >= 15 is 0 Å². The second-order valence-electron chi connectivity index (χ2n) is 7.53. The molecule has 22 heavy (non-hydrogen) atoms. The lowest BCUT2D eigenvalue weighted by molar-refractivity contribution is 0.160. The molecule has 3 fully saturated rings. The van der Waals surface area contributed by atoms with Crippen LogP contribution in [0.2, 0.25) is 0 Å². The highest BCUT2D eigenvalue weighted by atomic mass is 32.2. The van der Waals surface area contributed by atoms with Gasteiger partial charge in [-0.3, -0.25) is 4.99 Å². The second-order valence-corrected chi connectivity index (χ2v) is 9.09. The summed E-state index contributed by atoms with van der Waals surface area (Å²) in [5, 5.41) is 3.63. The molecule has 4 nitrogen and oxygen atoms in total. The van der Waals surface area contributed by atoms with Crippen molar-refractivity contribution in [1.82, 2.24) is 10.2 Å². The van der Waals surface area contributed by atoms with E-state index in [1.165, 1.54) is 44.4 Å². The number of aliphatic imine (C=N–C) groups is 1. The van der Waals surface area contributed by atoms with Crippen LogP contribution in [0.5, 0.6) is 0 Å². The van der Waals surface area contributed by atoms with E-state index in [1.807, 2.05) is 7.05 Å². The van der Waals surface area contributed by atoms with Gasteiger partial charge < -0.3 is 15.0 Å². The minimum absolute atomic E-state index is 0.267. The number of hydrogen-bond donors (Lipinski definition) is 1. The maximum Gasteiger partial charge on any atom is 0.193 e. The summed E-state index contributed by atoms with van der Waals surface area (Å²) in [6, 6.07) is 0. The Morgan fingerprint density at radius 3 is 2.77 bits per heavy atom. The molecule has 0 amide bonds. The molecule has 2 aliphatic heterocycles. The summed E-state index contributed by atoms with van der Waals surface area (Å²) in [4.78, 5) is 7.06. The van der Waals surface area contributed by atoms with E-state index in [1.54, 1.807) is 0 Å². The van der Waals surface area contributed by atoms with E-state index < -0.39 is 0 Å². The lowest BCUT2D eigenvalue weighted by atomic mass is 9.87. The van der Waals surface area contributed by atoms with Crippen molar-refractivity contribution in [3.05, 3.63) is 0 Å². The quantitative estimate of drug-likeness (QED) is 0.626. The fourth-order valence-corrected chi connectivity index (χ4v) is 5.57. The smallest absolute Gasteiger partial charge is 0.193 e. The predicted molar refractivity (Wildman–Crippen MR) is 94.8 cm³/mol. The lowest BCUT2D eigenvalue weighted by Gasteiger charge is -2.45. The standard InChI is InChI=1S/C17H31N3OS/c1-16(8-10-21-14-16)12-19-15(18-2)20-9-11-22-17(13-20)6-4-3-5-7-17/h3-14H2,1-2H3,(H,18,19). The normalized spacial score (nSPS) is 32.5. The van der Waals surface area contributed by atoms with Gasteiger partial charge in [-0.2, -0.15) is 11.8 Å². The first-order valence-corrected chi connectivity index (χ1v) is 9.81. The molecule has 3 rings (SSSR count). The van der Waals surface area contributed by atoms with Crippen molar-refractivity contribution >= 4 is 17.7 Å². The Kier molecular flexibility index (Phi) is 5.23. The Morgan fingerprint density at radius 1 is 1.27 bits per heavy atom. The van der Waals surface area contributed by atoms with E-state index in [-0.39, 0.29) is 5.41 Å². The molecule has 0 aromatic heterocycles. The van der Waals surface area contributed by atoms with Crippen molar-refractivity contribution in [2.75, 3.05) is 45.6 Å². The first kappa shape index (κ1) is 16.4. The predicted octanol–water partition coefficient (Wildman–Crippen LogP) is 2.74. The average molecular weight is 326 g/mol. The van der Waals surface area contributed by atoms with E-state index in [0.29, 0.717) is 4.75 Å². The first-order chi connectivity index (χ1) is 10.6. The molecule has 3 aliphatic rings. The monoisotopic (exact) mass is 325 g/mol. The van der Waals surface area contributed by atoms with Gasteiger partial charge in [0.25, 0.3) is 0 Å². The van der Waals surface area contributed by atoms with Crippen molar-refractivity contribution < 1.29 is 4.74 Å². The van der Waals surface area contributed by atoms with E-state index in [4.69, 9.17) is 4.74 Å². The third-order valence-corrected chi connectivity index (χ3v) is 7.03. The highest BCUT2D eigenvalue weighted by Gasteiger charge is 2.38. The van der Waals surface area contributed by atoms with Gasteiger partial charge in [-0.05, 0) is 19.3 Å². The highest BCUT2D eigenvalue weighted by molar-refractivity contribution is 8.00. The number of hydrogen-bond acceptors (Lipinski definition) is 3. The maximum absolute atomic E-state index is 5.56. The van der Waals surface area contributed by atoms with Crippen LogP contribution in [-0.2, 0) is 4.74 Å². The molecule has 1 atom stereocenters. The number of guanidine groups is 1. The SMILES string of the molecule is CN=C(NCC1(C)CCOC1)N1CCSC2(CCCCC2)C1. The Labute approximate surface area is 139 Å². The summed E-state index contributed by atoms with van der Waals surface area (Å²) in [6.45, 7) is 7.35. The molecule has 2 saturated heterocycles. The van der Waals surface area contributed by atoms with Crippen LogP contribution in [0.1, 0.15) is 45.4 Å². The molecule has 5 heteroatoms. The fraction of sp³-hybridized carbons (Fsp3) is 0.941. The van der Waals surface area contributed by atoms with Gasteiger partial charge in [-0.15, -0.1) is 0 Å². The van der Waals surface area contributed by atoms with Crippen molar-refractivity contribution in [1.29, 1.82) is 0 Å². The largest absolute Gasteiger partial charge is 0.381 e. The molecule has 1 spiro atoms. The molecule has 0 radical (unpaired) electrons.